The first kappa shape index (κ1) is 14.4. The summed E-state index contributed by atoms with van der Waals surface area (Å²) in [6.45, 7) is -0.166. The Morgan fingerprint density at radius 3 is 2.73 bits per heavy atom. The summed E-state index contributed by atoms with van der Waals surface area (Å²) in [5, 5.41) is 3.15. The Morgan fingerprint density at radius 2 is 1.91 bits per heavy atom. The van der Waals surface area contributed by atoms with Gasteiger partial charge in [-0.3, -0.25) is 14.5 Å². The number of nitrogens with zero attached hydrogens (tertiary/aromatic N) is 1. The van der Waals surface area contributed by atoms with Crippen molar-refractivity contribution in [2.45, 2.75) is 0 Å². The SMILES string of the molecule is O=C(CN1C(=O)COc2ccccc21)Nc1ccccc1Cl. The van der Waals surface area contributed by atoms with Crippen LogP contribution in [0.3, 0.4) is 0 Å². The second-order valence-electron chi connectivity index (χ2n) is 4.76. The number of fused-ring (bicyclic) bond motifs is 1. The summed E-state index contributed by atoms with van der Waals surface area (Å²) in [6, 6.07) is 14.1. The average molecular weight is 317 g/mol. The van der Waals surface area contributed by atoms with Crippen molar-refractivity contribution in [2.75, 3.05) is 23.4 Å². The number of amides is 2. The number of anilines is 2. The van der Waals surface area contributed by atoms with Gasteiger partial charge in [-0.2, -0.15) is 0 Å². The third kappa shape index (κ3) is 2.89. The predicted octanol–water partition coefficient (Wildman–Crippen LogP) is 2.70. The number of benzene rings is 2. The first-order chi connectivity index (χ1) is 10.6. The van der Waals surface area contributed by atoms with Crippen molar-refractivity contribution in [2.24, 2.45) is 0 Å². The molecule has 0 unspecified atom stereocenters. The quantitative estimate of drug-likeness (QED) is 0.947. The monoisotopic (exact) mass is 316 g/mol. The van der Waals surface area contributed by atoms with Gasteiger partial charge >= 0.3 is 0 Å². The van der Waals surface area contributed by atoms with Crippen LogP contribution in [0.25, 0.3) is 0 Å². The maximum absolute atomic E-state index is 12.2. The molecule has 112 valence electrons. The summed E-state index contributed by atoms with van der Waals surface area (Å²) < 4.78 is 5.34. The molecule has 0 aromatic heterocycles. The van der Waals surface area contributed by atoms with E-state index in [1.54, 1.807) is 42.5 Å². The standard InChI is InChI=1S/C16H13ClN2O3/c17-11-5-1-2-6-12(11)18-15(20)9-19-13-7-3-4-8-14(13)22-10-16(19)21/h1-8H,9-10H2,(H,18,20). The van der Waals surface area contributed by atoms with Crippen LogP contribution in [-0.4, -0.2) is 25.0 Å². The third-order valence-corrected chi connectivity index (χ3v) is 3.59. The Morgan fingerprint density at radius 1 is 1.18 bits per heavy atom. The average Bonchev–Trinajstić information content (AvgIpc) is 2.52. The number of nitrogens with one attached hydrogen (secondary N) is 1. The first-order valence-corrected chi connectivity index (χ1v) is 7.09. The van der Waals surface area contributed by atoms with E-state index in [1.807, 2.05) is 6.07 Å². The van der Waals surface area contributed by atoms with Gasteiger partial charge in [-0.05, 0) is 24.3 Å². The normalized spacial score (nSPS) is 13.3. The van der Waals surface area contributed by atoms with Crippen LogP contribution in [0.5, 0.6) is 5.75 Å². The van der Waals surface area contributed by atoms with Crippen molar-refractivity contribution < 1.29 is 14.3 Å². The lowest BCUT2D eigenvalue weighted by Crippen LogP contribution is -2.43. The van der Waals surface area contributed by atoms with Gasteiger partial charge in [-0.15, -0.1) is 0 Å². The van der Waals surface area contributed by atoms with Gasteiger partial charge in [0.25, 0.3) is 5.91 Å². The number of para-hydroxylation sites is 3. The van der Waals surface area contributed by atoms with Crippen LogP contribution in [0, 0.1) is 0 Å². The van der Waals surface area contributed by atoms with Crippen LogP contribution >= 0.6 is 11.6 Å². The lowest BCUT2D eigenvalue weighted by atomic mass is 10.2. The minimum atomic E-state index is -0.321. The van der Waals surface area contributed by atoms with Gasteiger partial charge in [0.15, 0.2) is 6.61 Å². The molecule has 0 saturated carbocycles. The molecule has 2 aromatic carbocycles. The van der Waals surface area contributed by atoms with E-state index in [9.17, 15) is 9.59 Å². The zero-order valence-electron chi connectivity index (χ0n) is 11.6. The largest absolute Gasteiger partial charge is 0.482 e. The molecule has 0 fully saturated rings. The molecule has 1 aliphatic heterocycles. The molecule has 2 amide bonds. The lowest BCUT2D eigenvalue weighted by Gasteiger charge is -2.28. The van der Waals surface area contributed by atoms with Crippen molar-refractivity contribution in [3.8, 4) is 5.75 Å². The summed E-state index contributed by atoms with van der Waals surface area (Å²) >= 11 is 6.01. The fourth-order valence-electron chi connectivity index (χ4n) is 2.22. The Balaban J connectivity index is 1.77. The molecule has 0 spiro atoms. The molecule has 0 atom stereocenters. The van der Waals surface area contributed by atoms with Crippen molar-refractivity contribution in [3.05, 3.63) is 53.6 Å². The fraction of sp³-hybridized carbons (Fsp3) is 0.125. The highest BCUT2D eigenvalue weighted by Crippen LogP contribution is 2.31. The minimum absolute atomic E-state index is 0.0730. The Labute approximate surface area is 132 Å². The summed E-state index contributed by atoms with van der Waals surface area (Å²) in [7, 11) is 0. The van der Waals surface area contributed by atoms with E-state index in [0.29, 0.717) is 22.1 Å². The van der Waals surface area contributed by atoms with E-state index in [1.165, 1.54) is 4.90 Å². The summed E-state index contributed by atoms with van der Waals surface area (Å²) in [5.74, 6) is 0.0128. The topological polar surface area (TPSA) is 58.6 Å². The molecule has 0 saturated heterocycles. The molecule has 22 heavy (non-hydrogen) atoms. The van der Waals surface area contributed by atoms with E-state index in [0.717, 1.165) is 0 Å². The Kier molecular flexibility index (Phi) is 3.98. The van der Waals surface area contributed by atoms with Gasteiger partial charge in [-0.25, -0.2) is 0 Å². The van der Waals surface area contributed by atoms with Gasteiger partial charge < -0.3 is 10.1 Å². The zero-order chi connectivity index (χ0) is 15.5. The van der Waals surface area contributed by atoms with Crippen LogP contribution < -0.4 is 15.0 Å². The maximum Gasteiger partial charge on any atom is 0.265 e. The number of hydrogen-bond acceptors (Lipinski definition) is 3. The summed E-state index contributed by atoms with van der Waals surface area (Å²) in [5.41, 5.74) is 1.11. The summed E-state index contributed by atoms with van der Waals surface area (Å²) in [6.07, 6.45) is 0. The molecule has 2 aromatic rings. The molecule has 3 rings (SSSR count). The number of halogens is 1. The van der Waals surface area contributed by atoms with Crippen molar-refractivity contribution in [1.29, 1.82) is 0 Å². The Hall–Kier alpha value is -2.53. The zero-order valence-corrected chi connectivity index (χ0v) is 12.3. The Bertz CT molecular complexity index is 733. The van der Waals surface area contributed by atoms with Crippen LogP contribution in [0.4, 0.5) is 11.4 Å². The molecular formula is C16H13ClN2O3. The molecule has 1 aliphatic rings. The second kappa shape index (κ2) is 6.07. The van der Waals surface area contributed by atoms with Crippen molar-refractivity contribution >= 4 is 34.8 Å². The van der Waals surface area contributed by atoms with E-state index < -0.39 is 0 Å². The van der Waals surface area contributed by atoms with Crippen molar-refractivity contribution in [3.63, 3.8) is 0 Å². The number of carbonyl (C=O) groups is 2. The van der Waals surface area contributed by atoms with Gasteiger partial charge in [0, 0.05) is 0 Å². The predicted molar refractivity (Wildman–Crippen MR) is 84.4 cm³/mol. The molecule has 0 aliphatic carbocycles. The fourth-order valence-corrected chi connectivity index (χ4v) is 2.41. The van der Waals surface area contributed by atoms with Gasteiger partial charge in [0.1, 0.15) is 12.3 Å². The molecular weight excluding hydrogens is 304 g/mol. The first-order valence-electron chi connectivity index (χ1n) is 6.72. The minimum Gasteiger partial charge on any atom is -0.482 e. The number of rotatable bonds is 3. The molecule has 0 bridgehead atoms. The van der Waals surface area contributed by atoms with Gasteiger partial charge in [-0.1, -0.05) is 35.9 Å². The smallest absolute Gasteiger partial charge is 0.265 e. The van der Waals surface area contributed by atoms with E-state index in [-0.39, 0.29) is 25.0 Å². The van der Waals surface area contributed by atoms with Crippen molar-refractivity contribution in [1.82, 2.24) is 0 Å². The van der Waals surface area contributed by atoms with Gasteiger partial charge in [0.05, 0.1) is 16.4 Å². The number of carbonyl (C=O) groups excluding carboxylic acids is 2. The molecule has 1 N–H and O–H groups in total. The number of ether oxygens (including phenoxy) is 1. The van der Waals surface area contributed by atoms with Gasteiger partial charge in [0.2, 0.25) is 5.91 Å². The molecule has 0 radical (unpaired) electrons. The summed E-state index contributed by atoms with van der Waals surface area (Å²) in [4.78, 5) is 25.6. The molecule has 1 heterocycles. The molecule has 6 heteroatoms. The second-order valence-corrected chi connectivity index (χ2v) is 5.17. The maximum atomic E-state index is 12.2. The highest BCUT2D eigenvalue weighted by Gasteiger charge is 2.27. The third-order valence-electron chi connectivity index (χ3n) is 3.26. The number of hydrogen-bond donors (Lipinski definition) is 1. The van der Waals surface area contributed by atoms with E-state index >= 15 is 0 Å². The lowest BCUT2D eigenvalue weighted by molar-refractivity contribution is -0.123. The highest BCUT2D eigenvalue weighted by molar-refractivity contribution is 6.33. The van der Waals surface area contributed by atoms with Crippen LogP contribution in [0.2, 0.25) is 5.02 Å². The van der Waals surface area contributed by atoms with Crippen LogP contribution in [-0.2, 0) is 9.59 Å². The highest BCUT2D eigenvalue weighted by atomic mass is 35.5. The molecule has 5 nitrogen and oxygen atoms in total. The van der Waals surface area contributed by atoms with E-state index in [4.69, 9.17) is 16.3 Å². The van der Waals surface area contributed by atoms with Crippen LogP contribution in [0.1, 0.15) is 0 Å². The van der Waals surface area contributed by atoms with Crippen LogP contribution in [0.15, 0.2) is 48.5 Å². The van der Waals surface area contributed by atoms with E-state index in [2.05, 4.69) is 5.32 Å².